The summed E-state index contributed by atoms with van der Waals surface area (Å²) in [5, 5.41) is 0. The van der Waals surface area contributed by atoms with Crippen molar-refractivity contribution in [2.24, 2.45) is 5.92 Å². The normalized spacial score (nSPS) is 26.1. The molecule has 0 aromatic rings. The van der Waals surface area contributed by atoms with Gasteiger partial charge in [-0.05, 0) is 25.3 Å². The zero-order chi connectivity index (χ0) is 13.5. The van der Waals surface area contributed by atoms with E-state index in [9.17, 15) is 4.79 Å². The molecule has 1 saturated heterocycles. The summed E-state index contributed by atoms with van der Waals surface area (Å²) in [6.07, 6.45) is 4.14. The van der Waals surface area contributed by atoms with Crippen LogP contribution in [-0.4, -0.2) is 50.8 Å². The van der Waals surface area contributed by atoms with Gasteiger partial charge in [-0.2, -0.15) is 0 Å². The number of carbonyl (C=O) groups excluding carboxylic acids is 1. The van der Waals surface area contributed by atoms with Crippen molar-refractivity contribution in [3.63, 3.8) is 0 Å². The van der Waals surface area contributed by atoms with Crippen LogP contribution in [0.15, 0.2) is 11.6 Å². The minimum Gasteiger partial charge on any atom is -0.466 e. The quantitative estimate of drug-likeness (QED) is 0.555. The van der Waals surface area contributed by atoms with Crippen LogP contribution in [0.1, 0.15) is 26.7 Å². The number of rotatable bonds is 5. The highest BCUT2D eigenvalue weighted by molar-refractivity contribution is 5.88. The summed E-state index contributed by atoms with van der Waals surface area (Å²) in [5.74, 6) is 0.396. The summed E-state index contributed by atoms with van der Waals surface area (Å²) in [6, 6.07) is 0. The van der Waals surface area contributed by atoms with Crippen LogP contribution in [0.25, 0.3) is 0 Å². The molecule has 0 aromatic carbocycles. The van der Waals surface area contributed by atoms with E-state index in [0.717, 1.165) is 31.6 Å². The largest absolute Gasteiger partial charge is 0.466 e. The summed E-state index contributed by atoms with van der Waals surface area (Å²) in [5.41, 5.74) is 0.755. The predicted octanol–water partition coefficient (Wildman–Crippen LogP) is 1.85. The number of esters is 1. The van der Waals surface area contributed by atoms with Gasteiger partial charge in [0, 0.05) is 25.8 Å². The van der Waals surface area contributed by atoms with Crippen molar-refractivity contribution in [2.45, 2.75) is 32.8 Å². The zero-order valence-electron chi connectivity index (χ0n) is 11.9. The first kappa shape index (κ1) is 15.2. The van der Waals surface area contributed by atoms with Crippen molar-refractivity contribution in [3.8, 4) is 0 Å². The molecule has 1 heterocycles. The molecule has 2 unspecified atom stereocenters. The highest BCUT2D eigenvalue weighted by atomic mass is 16.5. The Balaban J connectivity index is 2.52. The smallest absolute Gasteiger partial charge is 0.333 e. The Morgan fingerprint density at radius 1 is 1.44 bits per heavy atom. The molecule has 2 atom stereocenters. The number of likely N-dealkylation sites (tertiary alicyclic amines) is 1. The molecule has 0 amide bonds. The van der Waals surface area contributed by atoms with E-state index in [1.807, 2.05) is 13.0 Å². The highest BCUT2D eigenvalue weighted by Gasteiger charge is 2.25. The number of nitrogens with zero attached hydrogens (tertiary/aromatic N) is 1. The first-order valence-electron chi connectivity index (χ1n) is 6.64. The first-order valence-corrected chi connectivity index (χ1v) is 6.64. The van der Waals surface area contributed by atoms with E-state index in [0.29, 0.717) is 18.4 Å². The van der Waals surface area contributed by atoms with Crippen LogP contribution in [0, 0.1) is 5.92 Å². The van der Waals surface area contributed by atoms with Crippen LogP contribution in [0.3, 0.4) is 0 Å². The standard InChI is InChI=1S/C14H25NO3/c1-5-12(14(16)18-4)7-9-15-8-6-11(2)13(10-15)17-3/h7,11,13H,5-6,8-10H2,1-4H3. The Bertz CT molecular complexity index is 301. The van der Waals surface area contributed by atoms with E-state index in [1.165, 1.54) is 7.11 Å². The number of methoxy groups -OCH3 is 2. The van der Waals surface area contributed by atoms with Crippen molar-refractivity contribution in [3.05, 3.63) is 11.6 Å². The average molecular weight is 255 g/mol. The van der Waals surface area contributed by atoms with Crippen molar-refractivity contribution < 1.29 is 14.3 Å². The fourth-order valence-corrected chi connectivity index (χ4v) is 2.31. The van der Waals surface area contributed by atoms with Crippen LogP contribution in [-0.2, 0) is 14.3 Å². The van der Waals surface area contributed by atoms with Crippen LogP contribution >= 0.6 is 0 Å². The van der Waals surface area contributed by atoms with Gasteiger partial charge in [-0.1, -0.05) is 19.9 Å². The Morgan fingerprint density at radius 3 is 2.72 bits per heavy atom. The van der Waals surface area contributed by atoms with Crippen LogP contribution < -0.4 is 0 Å². The maximum atomic E-state index is 11.5. The summed E-state index contributed by atoms with van der Waals surface area (Å²) in [7, 11) is 3.20. The molecule has 18 heavy (non-hydrogen) atoms. The molecule has 0 aromatic heterocycles. The predicted molar refractivity (Wildman–Crippen MR) is 71.4 cm³/mol. The van der Waals surface area contributed by atoms with Gasteiger partial charge in [-0.15, -0.1) is 0 Å². The van der Waals surface area contributed by atoms with Crippen molar-refractivity contribution in [1.29, 1.82) is 0 Å². The van der Waals surface area contributed by atoms with Crippen LogP contribution in [0.2, 0.25) is 0 Å². The molecule has 0 aliphatic carbocycles. The molecule has 104 valence electrons. The Hall–Kier alpha value is -0.870. The molecule has 1 rings (SSSR count). The van der Waals surface area contributed by atoms with Crippen LogP contribution in [0.5, 0.6) is 0 Å². The van der Waals surface area contributed by atoms with Gasteiger partial charge in [0.25, 0.3) is 0 Å². The van der Waals surface area contributed by atoms with Crippen molar-refractivity contribution in [2.75, 3.05) is 33.9 Å². The number of hydrogen-bond donors (Lipinski definition) is 0. The number of hydrogen-bond acceptors (Lipinski definition) is 4. The van der Waals surface area contributed by atoms with E-state index < -0.39 is 0 Å². The number of piperidine rings is 1. The topological polar surface area (TPSA) is 38.8 Å². The number of carbonyl (C=O) groups is 1. The van der Waals surface area contributed by atoms with Gasteiger partial charge in [0.1, 0.15) is 0 Å². The Labute approximate surface area is 110 Å². The van der Waals surface area contributed by atoms with Gasteiger partial charge < -0.3 is 9.47 Å². The fourth-order valence-electron chi connectivity index (χ4n) is 2.31. The van der Waals surface area contributed by atoms with E-state index in [-0.39, 0.29) is 5.97 Å². The zero-order valence-corrected chi connectivity index (χ0v) is 11.9. The lowest BCUT2D eigenvalue weighted by Gasteiger charge is -2.35. The van der Waals surface area contributed by atoms with E-state index in [4.69, 9.17) is 9.47 Å². The molecule has 4 heteroatoms. The molecule has 0 bridgehead atoms. The molecule has 0 N–H and O–H groups in total. The summed E-state index contributed by atoms with van der Waals surface area (Å²) >= 11 is 0. The third-order valence-corrected chi connectivity index (χ3v) is 3.70. The lowest BCUT2D eigenvalue weighted by molar-refractivity contribution is -0.136. The Kier molecular flexibility index (Phi) is 6.36. The van der Waals surface area contributed by atoms with Crippen molar-refractivity contribution in [1.82, 2.24) is 4.90 Å². The van der Waals surface area contributed by atoms with Gasteiger partial charge in [0.05, 0.1) is 13.2 Å². The molecule has 1 aliphatic rings. The second-order valence-electron chi connectivity index (χ2n) is 4.87. The average Bonchev–Trinajstić information content (AvgIpc) is 2.40. The molecular formula is C14H25NO3. The third kappa shape index (κ3) is 4.10. The third-order valence-electron chi connectivity index (χ3n) is 3.70. The SMILES string of the molecule is CCC(=CCN1CCC(C)C(OC)C1)C(=O)OC. The monoisotopic (exact) mass is 255 g/mol. The van der Waals surface area contributed by atoms with Gasteiger partial charge >= 0.3 is 5.97 Å². The minimum absolute atomic E-state index is 0.217. The lowest BCUT2D eigenvalue weighted by atomic mass is 9.96. The van der Waals surface area contributed by atoms with Crippen molar-refractivity contribution >= 4 is 5.97 Å². The summed E-state index contributed by atoms with van der Waals surface area (Å²) < 4.78 is 10.2. The maximum Gasteiger partial charge on any atom is 0.333 e. The fraction of sp³-hybridized carbons (Fsp3) is 0.786. The second-order valence-corrected chi connectivity index (χ2v) is 4.87. The van der Waals surface area contributed by atoms with Gasteiger partial charge in [0.2, 0.25) is 0 Å². The molecule has 4 nitrogen and oxygen atoms in total. The first-order chi connectivity index (χ1) is 8.62. The second kappa shape index (κ2) is 7.54. The van der Waals surface area contributed by atoms with E-state index in [1.54, 1.807) is 7.11 Å². The Morgan fingerprint density at radius 2 is 2.17 bits per heavy atom. The van der Waals surface area contributed by atoms with E-state index in [2.05, 4.69) is 11.8 Å². The van der Waals surface area contributed by atoms with Gasteiger partial charge in [-0.3, -0.25) is 4.90 Å². The molecule has 1 aliphatic heterocycles. The molecule has 1 fully saturated rings. The van der Waals surface area contributed by atoms with Gasteiger partial charge in [0.15, 0.2) is 0 Å². The minimum atomic E-state index is -0.217. The number of ether oxygens (including phenoxy) is 2. The van der Waals surface area contributed by atoms with Crippen LogP contribution in [0.4, 0.5) is 0 Å². The molecule has 0 radical (unpaired) electrons. The summed E-state index contributed by atoms with van der Waals surface area (Å²) in [6.45, 7) is 7.00. The summed E-state index contributed by atoms with van der Waals surface area (Å²) in [4.78, 5) is 13.8. The molecule has 0 saturated carbocycles. The van der Waals surface area contributed by atoms with Gasteiger partial charge in [-0.25, -0.2) is 4.79 Å². The molecular weight excluding hydrogens is 230 g/mol. The highest BCUT2D eigenvalue weighted by Crippen LogP contribution is 2.19. The maximum absolute atomic E-state index is 11.5. The molecule has 0 spiro atoms. The lowest BCUT2D eigenvalue weighted by Crippen LogP contribution is -2.43. The van der Waals surface area contributed by atoms with E-state index >= 15 is 0 Å².